The van der Waals surface area contributed by atoms with Crippen LogP contribution in [0.4, 0.5) is 11.4 Å². The summed E-state index contributed by atoms with van der Waals surface area (Å²) < 4.78 is 28.0. The van der Waals surface area contributed by atoms with Crippen molar-refractivity contribution in [3.05, 3.63) is 88.4 Å². The molecule has 7 heteroatoms. The predicted octanol–water partition coefficient (Wildman–Crippen LogP) is 5.10. The average molecular weight is 443 g/mol. The minimum Gasteiger partial charge on any atom is -0.324 e. The third kappa shape index (κ3) is 5.20. The second-order valence-electron chi connectivity index (χ2n) is 7.23. The van der Waals surface area contributed by atoms with Gasteiger partial charge in [-0.15, -0.1) is 0 Å². The van der Waals surface area contributed by atoms with E-state index in [0.29, 0.717) is 16.4 Å². The highest BCUT2D eigenvalue weighted by molar-refractivity contribution is 7.92. The fraction of sp³-hybridized carbons (Fsp3) is 0.174. The molecule has 156 valence electrons. The SMILES string of the molecule is Cc1ccc(S(=O)(=O)N(CC(=O)Nc2cccc(Cl)c2)c2cc(C)cc(C)c2)cc1. The zero-order valence-electron chi connectivity index (χ0n) is 17.0. The predicted molar refractivity (Wildman–Crippen MR) is 122 cm³/mol. The van der Waals surface area contributed by atoms with Gasteiger partial charge in [-0.3, -0.25) is 9.10 Å². The van der Waals surface area contributed by atoms with Gasteiger partial charge in [0.1, 0.15) is 6.54 Å². The lowest BCUT2D eigenvalue weighted by Crippen LogP contribution is -2.38. The molecule has 0 spiro atoms. The molecule has 0 aromatic heterocycles. The van der Waals surface area contributed by atoms with Gasteiger partial charge in [0.05, 0.1) is 10.6 Å². The van der Waals surface area contributed by atoms with Crippen molar-refractivity contribution in [2.45, 2.75) is 25.7 Å². The van der Waals surface area contributed by atoms with E-state index in [2.05, 4.69) is 5.32 Å². The van der Waals surface area contributed by atoms with Crippen LogP contribution < -0.4 is 9.62 Å². The maximum absolute atomic E-state index is 13.4. The second-order valence-corrected chi connectivity index (χ2v) is 9.53. The molecule has 3 rings (SSSR count). The van der Waals surface area contributed by atoms with Gasteiger partial charge in [0.25, 0.3) is 10.0 Å². The van der Waals surface area contributed by atoms with Crippen LogP contribution >= 0.6 is 11.6 Å². The number of anilines is 2. The Morgan fingerprint density at radius 2 is 1.53 bits per heavy atom. The summed E-state index contributed by atoms with van der Waals surface area (Å²) in [5, 5.41) is 3.19. The molecule has 3 aromatic carbocycles. The number of amides is 1. The second kappa shape index (κ2) is 8.90. The Kier molecular flexibility index (Phi) is 6.48. The zero-order chi connectivity index (χ0) is 21.9. The highest BCUT2D eigenvalue weighted by Gasteiger charge is 2.27. The smallest absolute Gasteiger partial charge is 0.264 e. The third-order valence-corrected chi connectivity index (χ3v) is 6.52. The Morgan fingerprint density at radius 3 is 2.13 bits per heavy atom. The molecule has 1 amide bonds. The number of hydrogen-bond acceptors (Lipinski definition) is 3. The van der Waals surface area contributed by atoms with E-state index in [1.807, 2.05) is 26.8 Å². The molecule has 5 nitrogen and oxygen atoms in total. The fourth-order valence-electron chi connectivity index (χ4n) is 3.14. The van der Waals surface area contributed by atoms with Crippen LogP contribution in [-0.4, -0.2) is 20.9 Å². The summed E-state index contributed by atoms with van der Waals surface area (Å²) in [6, 6.07) is 18.7. The number of rotatable bonds is 6. The van der Waals surface area contributed by atoms with Crippen molar-refractivity contribution < 1.29 is 13.2 Å². The number of nitrogens with one attached hydrogen (secondary N) is 1. The van der Waals surface area contributed by atoms with E-state index < -0.39 is 15.9 Å². The van der Waals surface area contributed by atoms with Crippen LogP contribution in [0.5, 0.6) is 0 Å². The van der Waals surface area contributed by atoms with Gasteiger partial charge < -0.3 is 5.32 Å². The third-order valence-electron chi connectivity index (χ3n) is 4.50. The van der Waals surface area contributed by atoms with Gasteiger partial charge in [0, 0.05) is 10.7 Å². The maximum atomic E-state index is 13.4. The van der Waals surface area contributed by atoms with Crippen molar-refractivity contribution in [2.24, 2.45) is 0 Å². The van der Waals surface area contributed by atoms with Gasteiger partial charge >= 0.3 is 0 Å². The molecule has 1 N–H and O–H groups in total. The largest absolute Gasteiger partial charge is 0.324 e. The van der Waals surface area contributed by atoms with E-state index in [1.165, 1.54) is 0 Å². The molecule has 0 saturated heterocycles. The first-order valence-corrected chi connectivity index (χ1v) is 11.2. The summed E-state index contributed by atoms with van der Waals surface area (Å²) in [5.74, 6) is -0.466. The van der Waals surface area contributed by atoms with E-state index in [1.54, 1.807) is 60.7 Å². The lowest BCUT2D eigenvalue weighted by atomic mass is 10.1. The van der Waals surface area contributed by atoms with Crippen LogP contribution in [0.1, 0.15) is 16.7 Å². The summed E-state index contributed by atoms with van der Waals surface area (Å²) in [6.45, 7) is 5.29. The summed E-state index contributed by atoms with van der Waals surface area (Å²) >= 11 is 5.97. The van der Waals surface area contributed by atoms with E-state index in [0.717, 1.165) is 21.0 Å². The van der Waals surface area contributed by atoms with E-state index in [-0.39, 0.29) is 11.4 Å². The molecule has 0 bridgehead atoms. The quantitative estimate of drug-likeness (QED) is 0.577. The van der Waals surface area contributed by atoms with Crippen LogP contribution in [0.2, 0.25) is 5.02 Å². The van der Waals surface area contributed by atoms with Gasteiger partial charge in [0.2, 0.25) is 5.91 Å². The first-order chi connectivity index (χ1) is 14.1. The fourth-order valence-corrected chi connectivity index (χ4v) is 4.74. The van der Waals surface area contributed by atoms with Crippen molar-refractivity contribution in [3.63, 3.8) is 0 Å². The molecule has 0 aliphatic carbocycles. The van der Waals surface area contributed by atoms with Gasteiger partial charge in [-0.2, -0.15) is 0 Å². The molecule has 0 aliphatic rings. The summed E-state index contributed by atoms with van der Waals surface area (Å²) in [6.07, 6.45) is 0. The van der Waals surface area contributed by atoms with Gasteiger partial charge in [-0.25, -0.2) is 8.42 Å². The van der Waals surface area contributed by atoms with Crippen molar-refractivity contribution in [3.8, 4) is 0 Å². The maximum Gasteiger partial charge on any atom is 0.264 e. The molecular weight excluding hydrogens is 420 g/mol. The number of carbonyl (C=O) groups excluding carboxylic acids is 1. The number of hydrogen-bond donors (Lipinski definition) is 1. The number of benzene rings is 3. The van der Waals surface area contributed by atoms with Crippen LogP contribution in [0.3, 0.4) is 0 Å². The first-order valence-electron chi connectivity index (χ1n) is 9.38. The highest BCUT2D eigenvalue weighted by atomic mass is 35.5. The zero-order valence-corrected chi connectivity index (χ0v) is 18.6. The molecule has 0 fully saturated rings. The topological polar surface area (TPSA) is 66.5 Å². The lowest BCUT2D eigenvalue weighted by molar-refractivity contribution is -0.114. The Hall–Kier alpha value is -2.83. The Labute approximate surface area is 182 Å². The van der Waals surface area contributed by atoms with Crippen molar-refractivity contribution in [2.75, 3.05) is 16.2 Å². The van der Waals surface area contributed by atoms with Gasteiger partial charge in [0.15, 0.2) is 0 Å². The molecule has 0 unspecified atom stereocenters. The van der Waals surface area contributed by atoms with E-state index in [9.17, 15) is 13.2 Å². The van der Waals surface area contributed by atoms with Crippen LogP contribution in [-0.2, 0) is 14.8 Å². The number of nitrogens with zero attached hydrogens (tertiary/aromatic N) is 1. The normalized spacial score (nSPS) is 11.2. The molecule has 0 aliphatic heterocycles. The molecule has 0 saturated carbocycles. The van der Waals surface area contributed by atoms with Crippen molar-refractivity contribution in [1.29, 1.82) is 0 Å². The summed E-state index contributed by atoms with van der Waals surface area (Å²) in [5.41, 5.74) is 3.70. The molecule has 30 heavy (non-hydrogen) atoms. The molecule has 0 atom stereocenters. The highest BCUT2D eigenvalue weighted by Crippen LogP contribution is 2.26. The van der Waals surface area contributed by atoms with E-state index in [4.69, 9.17) is 11.6 Å². The van der Waals surface area contributed by atoms with Crippen LogP contribution in [0, 0.1) is 20.8 Å². The van der Waals surface area contributed by atoms with Gasteiger partial charge in [-0.05, 0) is 74.4 Å². The van der Waals surface area contributed by atoms with Crippen LogP contribution in [0.15, 0.2) is 71.6 Å². The molecular formula is C23H23ClN2O3S. The Balaban J connectivity index is 1.99. The number of sulfonamides is 1. The Morgan fingerprint density at radius 1 is 0.900 bits per heavy atom. The van der Waals surface area contributed by atoms with Gasteiger partial charge in [-0.1, -0.05) is 41.4 Å². The minimum atomic E-state index is -3.95. The first kappa shape index (κ1) is 21.9. The number of halogens is 1. The average Bonchev–Trinajstić information content (AvgIpc) is 2.65. The molecule has 0 radical (unpaired) electrons. The monoisotopic (exact) mass is 442 g/mol. The molecule has 0 heterocycles. The standard InChI is InChI=1S/C23H23ClN2O3S/c1-16-7-9-22(10-8-16)30(28,29)26(21-12-17(2)11-18(3)13-21)15-23(27)25-20-6-4-5-19(24)14-20/h4-14H,15H2,1-3H3,(H,25,27). The number of aryl methyl sites for hydroxylation is 3. The lowest BCUT2D eigenvalue weighted by Gasteiger charge is -2.25. The summed E-state index contributed by atoms with van der Waals surface area (Å²) in [4.78, 5) is 12.9. The Bertz CT molecular complexity index is 1160. The minimum absolute atomic E-state index is 0.128. The summed E-state index contributed by atoms with van der Waals surface area (Å²) in [7, 11) is -3.95. The van der Waals surface area contributed by atoms with Crippen molar-refractivity contribution >= 4 is 38.9 Å². The van der Waals surface area contributed by atoms with Crippen molar-refractivity contribution in [1.82, 2.24) is 0 Å². The number of carbonyl (C=O) groups is 1. The van der Waals surface area contributed by atoms with Crippen LogP contribution in [0.25, 0.3) is 0 Å². The molecule has 3 aromatic rings. The van der Waals surface area contributed by atoms with E-state index >= 15 is 0 Å².